The van der Waals surface area contributed by atoms with Gasteiger partial charge in [0.15, 0.2) is 19.7 Å². The third kappa shape index (κ3) is 6.61. The fourth-order valence-electron chi connectivity index (χ4n) is 4.28. The first kappa shape index (κ1) is 30.3. The highest BCUT2D eigenvalue weighted by atomic mass is 32.2. The van der Waals surface area contributed by atoms with Gasteiger partial charge in [0.1, 0.15) is 11.5 Å². The zero-order valence-electron chi connectivity index (χ0n) is 23.2. The molecule has 42 heavy (non-hydrogen) atoms. The summed E-state index contributed by atoms with van der Waals surface area (Å²) in [6, 6.07) is 21.9. The summed E-state index contributed by atoms with van der Waals surface area (Å²) in [7, 11) is -4.38. The average Bonchev–Trinajstić information content (AvgIpc) is 2.96. The monoisotopic (exact) mass is 608 g/mol. The van der Waals surface area contributed by atoms with E-state index in [9.17, 15) is 26.4 Å². The van der Waals surface area contributed by atoms with Gasteiger partial charge in [-0.15, -0.1) is 0 Å². The number of benzene rings is 4. The van der Waals surface area contributed by atoms with Crippen molar-refractivity contribution in [2.75, 3.05) is 37.4 Å². The summed E-state index contributed by atoms with van der Waals surface area (Å²) in [5, 5.41) is 5.42. The Labute approximate surface area is 244 Å². The van der Waals surface area contributed by atoms with Crippen LogP contribution in [0.2, 0.25) is 0 Å². The van der Waals surface area contributed by atoms with Gasteiger partial charge in [-0.3, -0.25) is 9.59 Å². The summed E-state index contributed by atoms with van der Waals surface area (Å²) in [4.78, 5) is 25.8. The second-order valence-corrected chi connectivity index (χ2v) is 13.2. The first-order valence-corrected chi connectivity index (χ1v) is 16.2. The van der Waals surface area contributed by atoms with E-state index in [0.717, 1.165) is 12.5 Å². The van der Waals surface area contributed by atoms with Crippen molar-refractivity contribution in [1.82, 2.24) is 0 Å². The summed E-state index contributed by atoms with van der Waals surface area (Å²) < 4.78 is 59.5. The van der Waals surface area contributed by atoms with Crippen LogP contribution in [0.5, 0.6) is 11.5 Å². The van der Waals surface area contributed by atoms with Crippen LogP contribution < -0.4 is 20.1 Å². The highest BCUT2D eigenvalue weighted by Crippen LogP contribution is 2.35. The number of nitrogens with one attached hydrogen (secondary N) is 2. The molecule has 2 amide bonds. The van der Waals surface area contributed by atoms with Gasteiger partial charge in [0.25, 0.3) is 11.8 Å². The SMILES string of the molecule is COc1cc(-c2ccc(NC(=O)c3ccccc3S(C)(=O)=O)c(OC)c2)ccc1NC(=O)c1ccccc1S(C)(=O)=O. The normalized spacial score (nSPS) is 11.4. The second kappa shape index (κ2) is 12.0. The van der Waals surface area contributed by atoms with Crippen molar-refractivity contribution in [2.24, 2.45) is 0 Å². The third-order valence-corrected chi connectivity index (χ3v) is 8.60. The minimum absolute atomic E-state index is 0.00709. The van der Waals surface area contributed by atoms with E-state index in [1.165, 1.54) is 38.5 Å². The van der Waals surface area contributed by atoms with E-state index in [1.54, 1.807) is 60.7 Å². The van der Waals surface area contributed by atoms with Crippen LogP contribution in [0.15, 0.2) is 94.7 Å². The predicted molar refractivity (Wildman–Crippen MR) is 160 cm³/mol. The molecule has 0 aliphatic carbocycles. The van der Waals surface area contributed by atoms with Crippen molar-refractivity contribution in [3.8, 4) is 22.6 Å². The largest absolute Gasteiger partial charge is 0.495 e. The van der Waals surface area contributed by atoms with Crippen LogP contribution in [0.25, 0.3) is 11.1 Å². The van der Waals surface area contributed by atoms with Crippen LogP contribution in [0.4, 0.5) is 11.4 Å². The molecule has 4 aromatic rings. The standard InChI is InChI=1S/C30H28N2O8S2/c1-39-25-17-19(13-15-23(25)31-29(33)21-9-5-7-11-27(21)41(3,35)36)20-14-16-24(26(18-20)40-2)32-30(34)22-10-6-8-12-28(22)42(4,37)38/h5-18H,1-4H3,(H,31,33)(H,32,34). The molecule has 0 aliphatic heterocycles. The molecule has 0 saturated heterocycles. The molecule has 4 rings (SSSR count). The smallest absolute Gasteiger partial charge is 0.257 e. The number of ether oxygens (including phenoxy) is 2. The zero-order chi connectivity index (χ0) is 30.7. The number of anilines is 2. The van der Waals surface area contributed by atoms with E-state index in [2.05, 4.69) is 10.6 Å². The number of sulfone groups is 2. The lowest BCUT2D eigenvalue weighted by atomic mass is 10.0. The maximum absolute atomic E-state index is 13.0. The number of carbonyl (C=O) groups is 2. The fraction of sp³-hybridized carbons (Fsp3) is 0.133. The molecule has 218 valence electrons. The lowest BCUT2D eigenvalue weighted by Gasteiger charge is -2.15. The Bertz CT molecular complexity index is 1760. The molecule has 0 bridgehead atoms. The molecule has 2 N–H and O–H groups in total. The first-order chi connectivity index (χ1) is 19.8. The molecule has 0 aliphatic rings. The fourth-order valence-corrected chi connectivity index (χ4v) is 6.05. The lowest BCUT2D eigenvalue weighted by Crippen LogP contribution is -2.16. The van der Waals surface area contributed by atoms with Gasteiger partial charge in [-0.2, -0.15) is 0 Å². The Morgan fingerprint density at radius 2 is 0.929 bits per heavy atom. The molecule has 0 spiro atoms. The van der Waals surface area contributed by atoms with Gasteiger partial charge in [0, 0.05) is 12.5 Å². The van der Waals surface area contributed by atoms with Gasteiger partial charge >= 0.3 is 0 Å². The van der Waals surface area contributed by atoms with E-state index in [-0.39, 0.29) is 20.9 Å². The van der Waals surface area contributed by atoms with Crippen LogP contribution in [-0.2, 0) is 19.7 Å². The average molecular weight is 609 g/mol. The number of methoxy groups -OCH3 is 2. The van der Waals surface area contributed by atoms with Crippen LogP contribution in [0.3, 0.4) is 0 Å². The number of rotatable bonds is 9. The van der Waals surface area contributed by atoms with Crippen molar-refractivity contribution in [1.29, 1.82) is 0 Å². The molecular formula is C30H28N2O8S2. The second-order valence-electron chi connectivity index (χ2n) is 9.28. The molecule has 12 heteroatoms. The van der Waals surface area contributed by atoms with E-state index in [4.69, 9.17) is 9.47 Å². The van der Waals surface area contributed by atoms with Crippen LogP contribution in [0.1, 0.15) is 20.7 Å². The number of amides is 2. The van der Waals surface area contributed by atoms with Gasteiger partial charge in [0.2, 0.25) is 0 Å². The maximum atomic E-state index is 13.0. The van der Waals surface area contributed by atoms with Gasteiger partial charge < -0.3 is 20.1 Å². The van der Waals surface area contributed by atoms with Crippen molar-refractivity contribution in [2.45, 2.75) is 9.79 Å². The number of hydrogen-bond acceptors (Lipinski definition) is 8. The summed E-state index contributed by atoms with van der Waals surface area (Å²) in [6.45, 7) is 0. The van der Waals surface area contributed by atoms with E-state index >= 15 is 0 Å². The van der Waals surface area contributed by atoms with E-state index in [0.29, 0.717) is 34.0 Å². The molecule has 4 aromatic carbocycles. The molecule has 0 aromatic heterocycles. The minimum Gasteiger partial charge on any atom is -0.495 e. The van der Waals surface area contributed by atoms with Crippen LogP contribution >= 0.6 is 0 Å². The van der Waals surface area contributed by atoms with Gasteiger partial charge in [-0.05, 0) is 59.7 Å². The Hall–Kier alpha value is -4.68. The van der Waals surface area contributed by atoms with E-state index in [1.807, 2.05) is 0 Å². The highest BCUT2D eigenvalue weighted by molar-refractivity contribution is 7.91. The van der Waals surface area contributed by atoms with Crippen LogP contribution in [-0.4, -0.2) is 55.4 Å². The Morgan fingerprint density at radius 3 is 1.26 bits per heavy atom. The van der Waals surface area contributed by atoms with Crippen molar-refractivity contribution >= 4 is 42.9 Å². The Morgan fingerprint density at radius 1 is 0.571 bits per heavy atom. The summed E-state index contributed by atoms with van der Waals surface area (Å²) >= 11 is 0. The Kier molecular flexibility index (Phi) is 8.69. The van der Waals surface area contributed by atoms with Crippen molar-refractivity contribution < 1.29 is 35.9 Å². The molecule has 0 heterocycles. The van der Waals surface area contributed by atoms with Crippen LogP contribution in [0, 0.1) is 0 Å². The van der Waals surface area contributed by atoms with Gasteiger partial charge in [-0.25, -0.2) is 16.8 Å². The quantitative estimate of drug-likeness (QED) is 0.279. The van der Waals surface area contributed by atoms with Gasteiger partial charge in [0.05, 0.1) is 46.5 Å². The summed E-state index contributed by atoms with van der Waals surface area (Å²) in [5.41, 5.74) is 2.06. The lowest BCUT2D eigenvalue weighted by molar-refractivity contribution is 0.101. The minimum atomic E-state index is -3.63. The predicted octanol–water partition coefficient (Wildman–Crippen LogP) is 4.68. The first-order valence-electron chi connectivity index (χ1n) is 12.4. The molecule has 0 atom stereocenters. The highest BCUT2D eigenvalue weighted by Gasteiger charge is 2.21. The maximum Gasteiger partial charge on any atom is 0.257 e. The van der Waals surface area contributed by atoms with Crippen molar-refractivity contribution in [3.05, 3.63) is 96.1 Å². The van der Waals surface area contributed by atoms with Crippen molar-refractivity contribution in [3.63, 3.8) is 0 Å². The third-order valence-electron chi connectivity index (χ3n) is 6.30. The molecule has 0 unspecified atom stereocenters. The molecule has 0 radical (unpaired) electrons. The zero-order valence-corrected chi connectivity index (χ0v) is 24.8. The molecular weight excluding hydrogens is 580 g/mol. The Balaban J connectivity index is 1.61. The number of carbonyl (C=O) groups excluding carboxylic acids is 2. The van der Waals surface area contributed by atoms with E-state index < -0.39 is 31.5 Å². The topological polar surface area (TPSA) is 145 Å². The number of hydrogen-bond donors (Lipinski definition) is 2. The molecule has 10 nitrogen and oxygen atoms in total. The van der Waals surface area contributed by atoms with Gasteiger partial charge in [-0.1, -0.05) is 36.4 Å². The summed E-state index contributed by atoms with van der Waals surface area (Å²) in [5.74, 6) is -0.569. The molecule has 0 saturated carbocycles. The molecule has 0 fully saturated rings. The summed E-state index contributed by atoms with van der Waals surface area (Å²) in [6.07, 6.45) is 2.07.